The monoisotopic (exact) mass is 812 g/mol. The van der Waals surface area contributed by atoms with Crippen LogP contribution < -0.4 is 0 Å². The van der Waals surface area contributed by atoms with Crippen molar-refractivity contribution in [2.75, 3.05) is 0 Å². The second kappa shape index (κ2) is 16.0. The molecule has 8 aromatic carbocycles. The number of nitrogens with zero attached hydrogens (tertiary/aromatic N) is 6. The van der Waals surface area contributed by atoms with Crippen LogP contribution in [0, 0.1) is 0 Å². The van der Waals surface area contributed by atoms with Gasteiger partial charge in [0.1, 0.15) is 0 Å². The van der Waals surface area contributed by atoms with Gasteiger partial charge < -0.3 is 0 Å². The molecule has 62 heavy (non-hydrogen) atoms. The first kappa shape index (κ1) is 37.2. The Kier molecular flexibility index (Phi) is 9.56. The quantitative estimate of drug-likeness (QED) is 0.151. The van der Waals surface area contributed by atoms with Gasteiger partial charge in [0.05, 0.1) is 5.41 Å². The van der Waals surface area contributed by atoms with Crippen LogP contribution in [0.2, 0.25) is 0 Å². The van der Waals surface area contributed by atoms with Crippen LogP contribution in [0.3, 0.4) is 0 Å². The highest BCUT2D eigenvalue weighted by molar-refractivity contribution is 7.99. The van der Waals surface area contributed by atoms with Gasteiger partial charge in [-0.25, -0.2) is 29.9 Å². The lowest BCUT2D eigenvalue weighted by atomic mass is 9.64. The van der Waals surface area contributed by atoms with E-state index in [4.69, 9.17) is 29.9 Å². The Morgan fingerprint density at radius 2 is 0.532 bits per heavy atom. The largest absolute Gasteiger partial charge is 0.208 e. The van der Waals surface area contributed by atoms with E-state index in [0.29, 0.717) is 34.9 Å². The van der Waals surface area contributed by atoms with E-state index in [1.807, 2.05) is 133 Å². The third-order valence-electron chi connectivity index (χ3n) is 11.3. The molecule has 3 heterocycles. The van der Waals surface area contributed by atoms with E-state index in [2.05, 4.69) is 97.1 Å². The molecular weight excluding hydrogens is 777 g/mol. The molecule has 292 valence electrons. The summed E-state index contributed by atoms with van der Waals surface area (Å²) < 4.78 is 0. The average molecular weight is 813 g/mol. The molecule has 0 bridgehead atoms. The van der Waals surface area contributed by atoms with E-state index >= 15 is 0 Å². The van der Waals surface area contributed by atoms with Crippen molar-refractivity contribution in [2.24, 2.45) is 0 Å². The van der Waals surface area contributed by atoms with Crippen molar-refractivity contribution in [3.05, 3.63) is 241 Å². The molecule has 1 aliphatic rings. The van der Waals surface area contributed by atoms with Gasteiger partial charge in [0, 0.05) is 43.2 Å². The second-order valence-corrected chi connectivity index (χ2v) is 16.2. The molecule has 1 aliphatic heterocycles. The van der Waals surface area contributed by atoms with Crippen LogP contribution in [0.25, 0.3) is 68.3 Å². The standard InChI is InChI=1S/C55H36N6S/c1-5-19-37(20-6-1)49-56-50(38-21-7-2-8-22-38)59-53(58-49)41-27-17-29-43(35-41)55(45-31-13-15-33-47(45)62-48-34-16-14-32-46(48)55)44-30-18-28-42(36-44)54-60-51(39-23-9-3-10-24-39)57-52(61-54)40-25-11-4-12-26-40/h1-36H. The van der Waals surface area contributed by atoms with Gasteiger partial charge in [-0.05, 0) is 46.5 Å². The Hall–Kier alpha value is -7.87. The maximum Gasteiger partial charge on any atom is 0.164 e. The minimum atomic E-state index is -0.750. The van der Waals surface area contributed by atoms with Gasteiger partial charge in [0.2, 0.25) is 0 Å². The fourth-order valence-corrected chi connectivity index (χ4v) is 9.63. The van der Waals surface area contributed by atoms with Crippen LogP contribution in [0.15, 0.2) is 228 Å². The van der Waals surface area contributed by atoms with E-state index in [1.54, 1.807) is 0 Å². The molecule has 0 unspecified atom stereocenters. The van der Waals surface area contributed by atoms with Gasteiger partial charge in [0.15, 0.2) is 34.9 Å². The summed E-state index contributed by atoms with van der Waals surface area (Å²) in [6.07, 6.45) is 0. The third-order valence-corrected chi connectivity index (χ3v) is 12.5. The molecule has 10 aromatic rings. The summed E-state index contributed by atoms with van der Waals surface area (Å²) in [7, 11) is 0. The zero-order valence-corrected chi connectivity index (χ0v) is 34.2. The van der Waals surface area contributed by atoms with Crippen LogP contribution in [0.5, 0.6) is 0 Å². The van der Waals surface area contributed by atoms with E-state index in [9.17, 15) is 0 Å². The summed E-state index contributed by atoms with van der Waals surface area (Å²) in [4.78, 5) is 32.9. The number of benzene rings is 8. The summed E-state index contributed by atoms with van der Waals surface area (Å²) in [6, 6.07) is 75.4. The van der Waals surface area contributed by atoms with Crippen LogP contribution in [0.4, 0.5) is 0 Å². The molecule has 0 fully saturated rings. The summed E-state index contributed by atoms with van der Waals surface area (Å²) in [5, 5.41) is 0. The van der Waals surface area contributed by atoms with Gasteiger partial charge in [0.25, 0.3) is 0 Å². The number of hydrogen-bond donors (Lipinski definition) is 0. The smallest absolute Gasteiger partial charge is 0.164 e. The van der Waals surface area contributed by atoms with Gasteiger partial charge >= 0.3 is 0 Å². The summed E-state index contributed by atoms with van der Waals surface area (Å²) in [5.41, 5.74) is 9.27. The Labute approximate surface area is 364 Å². The zero-order valence-electron chi connectivity index (χ0n) is 33.4. The molecule has 0 amide bonds. The first-order valence-corrected chi connectivity index (χ1v) is 21.3. The van der Waals surface area contributed by atoms with Crippen molar-refractivity contribution in [1.29, 1.82) is 0 Å². The molecule has 11 rings (SSSR count). The molecule has 7 heteroatoms. The van der Waals surface area contributed by atoms with E-state index < -0.39 is 5.41 Å². The van der Waals surface area contributed by atoms with Crippen molar-refractivity contribution in [3.63, 3.8) is 0 Å². The Morgan fingerprint density at radius 3 is 0.871 bits per heavy atom. The molecule has 0 N–H and O–H groups in total. The minimum Gasteiger partial charge on any atom is -0.208 e. The molecule has 0 saturated carbocycles. The van der Waals surface area contributed by atoms with E-state index in [-0.39, 0.29) is 0 Å². The number of fused-ring (bicyclic) bond motifs is 2. The van der Waals surface area contributed by atoms with Crippen molar-refractivity contribution >= 4 is 11.8 Å². The number of aromatic nitrogens is 6. The lowest BCUT2D eigenvalue weighted by Crippen LogP contribution is -2.34. The number of hydrogen-bond acceptors (Lipinski definition) is 7. The first-order valence-electron chi connectivity index (χ1n) is 20.5. The first-order chi connectivity index (χ1) is 30.7. The average Bonchev–Trinajstić information content (AvgIpc) is 3.36. The Bertz CT molecular complexity index is 2880. The van der Waals surface area contributed by atoms with Crippen LogP contribution in [-0.4, -0.2) is 29.9 Å². The minimum absolute atomic E-state index is 0.599. The molecular formula is C55H36N6S. The summed E-state index contributed by atoms with van der Waals surface area (Å²) >= 11 is 1.81. The molecule has 2 aromatic heterocycles. The van der Waals surface area contributed by atoms with Crippen LogP contribution >= 0.6 is 11.8 Å². The molecule has 0 saturated heterocycles. The van der Waals surface area contributed by atoms with Crippen molar-refractivity contribution in [2.45, 2.75) is 15.2 Å². The predicted molar refractivity (Wildman–Crippen MR) is 248 cm³/mol. The van der Waals surface area contributed by atoms with Gasteiger partial charge in [-0.1, -0.05) is 206 Å². The Morgan fingerprint density at radius 1 is 0.258 bits per heavy atom. The molecule has 6 nitrogen and oxygen atoms in total. The Balaban J connectivity index is 1.14. The normalized spacial score (nSPS) is 12.6. The third kappa shape index (κ3) is 6.75. The maximum atomic E-state index is 5.14. The zero-order chi connectivity index (χ0) is 41.3. The van der Waals surface area contributed by atoms with Gasteiger partial charge in [-0.2, -0.15) is 0 Å². The van der Waals surface area contributed by atoms with Crippen molar-refractivity contribution < 1.29 is 0 Å². The molecule has 0 spiro atoms. The van der Waals surface area contributed by atoms with Crippen molar-refractivity contribution in [3.8, 4) is 68.3 Å². The van der Waals surface area contributed by atoms with Gasteiger partial charge in [-0.3, -0.25) is 0 Å². The maximum absolute atomic E-state index is 5.14. The highest BCUT2D eigenvalue weighted by atomic mass is 32.2. The van der Waals surface area contributed by atoms with Gasteiger partial charge in [-0.15, -0.1) is 0 Å². The molecule has 0 atom stereocenters. The summed E-state index contributed by atoms with van der Waals surface area (Å²) in [6.45, 7) is 0. The fourth-order valence-electron chi connectivity index (χ4n) is 8.44. The number of rotatable bonds is 8. The van der Waals surface area contributed by atoms with E-state index in [0.717, 1.165) is 44.5 Å². The fraction of sp³-hybridized carbons (Fsp3) is 0.0182. The van der Waals surface area contributed by atoms with Crippen LogP contribution in [0.1, 0.15) is 22.3 Å². The molecule has 0 radical (unpaired) electrons. The van der Waals surface area contributed by atoms with Crippen molar-refractivity contribution in [1.82, 2.24) is 29.9 Å². The SMILES string of the molecule is c1ccc(-c2nc(-c3ccccc3)nc(-c3cccc(C4(c5cccc(-c6nc(-c7ccccc7)nc(-c7ccccc7)n6)c5)c5ccccc5Sc5ccccc54)c3)n2)cc1. The second-order valence-electron chi connectivity index (χ2n) is 15.1. The lowest BCUT2D eigenvalue weighted by molar-refractivity contribution is 0.703. The van der Waals surface area contributed by atoms with E-state index in [1.165, 1.54) is 20.9 Å². The highest BCUT2D eigenvalue weighted by Gasteiger charge is 2.44. The predicted octanol–water partition coefficient (Wildman–Crippen LogP) is 12.9. The van der Waals surface area contributed by atoms with Crippen LogP contribution in [-0.2, 0) is 5.41 Å². The highest BCUT2D eigenvalue weighted by Crippen LogP contribution is 2.56. The summed E-state index contributed by atoms with van der Waals surface area (Å²) in [5.74, 6) is 3.68. The topological polar surface area (TPSA) is 77.3 Å². The lowest BCUT2D eigenvalue weighted by Gasteiger charge is -2.42. The molecule has 0 aliphatic carbocycles.